The number of hydrogen-bond acceptors (Lipinski definition) is 3. The predicted octanol–water partition coefficient (Wildman–Crippen LogP) is 3.04. The summed E-state index contributed by atoms with van der Waals surface area (Å²) < 4.78 is 11.9. The minimum absolute atomic E-state index is 0.285. The maximum atomic E-state index is 5.97. The molecule has 0 spiro atoms. The van der Waals surface area contributed by atoms with Gasteiger partial charge in [-0.3, -0.25) is 4.99 Å². The summed E-state index contributed by atoms with van der Waals surface area (Å²) >= 11 is 0. The van der Waals surface area contributed by atoms with Gasteiger partial charge in [0.2, 0.25) is 0 Å². The Morgan fingerprint density at radius 2 is 1.59 bits per heavy atom. The van der Waals surface area contributed by atoms with E-state index in [1.807, 2.05) is 33.1 Å². The molecule has 0 bridgehead atoms. The van der Waals surface area contributed by atoms with Crippen LogP contribution in [0.15, 0.2) is 16.5 Å². The summed E-state index contributed by atoms with van der Waals surface area (Å²) in [6, 6.07) is 0.285. The van der Waals surface area contributed by atoms with E-state index in [0.29, 0.717) is 0 Å². The van der Waals surface area contributed by atoms with E-state index in [9.17, 15) is 0 Å². The van der Waals surface area contributed by atoms with E-state index in [-0.39, 0.29) is 24.4 Å². The molecule has 17 heavy (non-hydrogen) atoms. The van der Waals surface area contributed by atoms with Crippen LogP contribution in [0.25, 0.3) is 0 Å². The first-order valence-corrected chi connectivity index (χ1v) is 6.24. The fourth-order valence-electron chi connectivity index (χ4n) is 1.49. The molecule has 0 unspecified atom stereocenters. The van der Waals surface area contributed by atoms with Crippen LogP contribution in [0.3, 0.4) is 0 Å². The molecule has 3 nitrogen and oxygen atoms in total. The van der Waals surface area contributed by atoms with Gasteiger partial charge in [-0.1, -0.05) is 6.08 Å². The summed E-state index contributed by atoms with van der Waals surface area (Å²) in [6.07, 6.45) is 3.85. The second kappa shape index (κ2) is 4.95. The Morgan fingerprint density at radius 1 is 1.12 bits per heavy atom. The number of hydrogen-bond donors (Lipinski definition) is 0. The highest BCUT2D eigenvalue weighted by Gasteiger charge is 2.52. The molecule has 0 atom stereocenters. The molecule has 0 aromatic heterocycles. The number of rotatable bonds is 3. The molecule has 1 saturated heterocycles. The zero-order valence-electron chi connectivity index (χ0n) is 12.1. The lowest BCUT2D eigenvalue weighted by Crippen LogP contribution is -2.41. The number of nitrogens with zero attached hydrogens (tertiary/aromatic N) is 1. The smallest absolute Gasteiger partial charge is 0.399 e. The van der Waals surface area contributed by atoms with E-state index < -0.39 is 0 Å². The molecular weight excluding hydrogens is 213 g/mol. The van der Waals surface area contributed by atoms with E-state index in [0.717, 1.165) is 5.47 Å². The van der Waals surface area contributed by atoms with Gasteiger partial charge in [-0.2, -0.15) is 0 Å². The van der Waals surface area contributed by atoms with Crippen LogP contribution in [-0.4, -0.2) is 30.6 Å². The third-order valence-electron chi connectivity index (χ3n) is 3.38. The summed E-state index contributed by atoms with van der Waals surface area (Å²) in [6.45, 7) is 14.3. The number of allylic oxidation sites excluding steroid dienone is 2. The molecule has 0 saturated carbocycles. The van der Waals surface area contributed by atoms with Crippen LogP contribution in [0.2, 0.25) is 0 Å². The minimum Gasteiger partial charge on any atom is -0.399 e. The van der Waals surface area contributed by atoms with Crippen LogP contribution in [0.4, 0.5) is 0 Å². The predicted molar refractivity (Wildman–Crippen MR) is 73.5 cm³/mol. The van der Waals surface area contributed by atoms with Gasteiger partial charge < -0.3 is 9.31 Å². The van der Waals surface area contributed by atoms with Gasteiger partial charge in [0, 0.05) is 12.3 Å². The van der Waals surface area contributed by atoms with Crippen molar-refractivity contribution in [2.75, 3.05) is 0 Å². The quantitative estimate of drug-likeness (QED) is 0.558. The minimum atomic E-state index is -0.313. The Labute approximate surface area is 105 Å². The van der Waals surface area contributed by atoms with Crippen LogP contribution in [-0.2, 0) is 9.31 Å². The van der Waals surface area contributed by atoms with Gasteiger partial charge in [-0.25, -0.2) is 0 Å². The van der Waals surface area contributed by atoms with Gasteiger partial charge in [0.15, 0.2) is 0 Å². The topological polar surface area (TPSA) is 30.8 Å². The molecule has 0 N–H and O–H groups in total. The standard InChI is InChI=1S/C13H24BNO2/c1-8-11(9-15-10(2)3)14-16-12(4,5)13(6,7)17-14/h8-10H,1-7H3/b11-8+,15-9?. The monoisotopic (exact) mass is 237 g/mol. The second-order valence-electron chi connectivity index (χ2n) is 5.75. The van der Waals surface area contributed by atoms with Crippen molar-refractivity contribution in [1.29, 1.82) is 0 Å². The highest BCUT2D eigenvalue weighted by atomic mass is 16.7. The van der Waals surface area contributed by atoms with Crippen LogP contribution < -0.4 is 0 Å². The van der Waals surface area contributed by atoms with Crippen LogP contribution >= 0.6 is 0 Å². The normalized spacial score (nSPS) is 24.0. The highest BCUT2D eigenvalue weighted by molar-refractivity contribution is 6.60. The molecule has 1 rings (SSSR count). The second-order valence-corrected chi connectivity index (χ2v) is 5.75. The van der Waals surface area contributed by atoms with Gasteiger partial charge in [-0.05, 0) is 53.9 Å². The van der Waals surface area contributed by atoms with Gasteiger partial charge >= 0.3 is 7.12 Å². The van der Waals surface area contributed by atoms with Crippen molar-refractivity contribution in [1.82, 2.24) is 0 Å². The van der Waals surface area contributed by atoms with Crippen molar-refractivity contribution in [3.8, 4) is 0 Å². The van der Waals surface area contributed by atoms with Crippen molar-refractivity contribution in [3.05, 3.63) is 11.5 Å². The van der Waals surface area contributed by atoms with E-state index in [4.69, 9.17) is 9.31 Å². The molecule has 1 aliphatic rings. The first-order valence-electron chi connectivity index (χ1n) is 6.24. The molecule has 0 amide bonds. The summed E-state index contributed by atoms with van der Waals surface area (Å²) in [4.78, 5) is 4.38. The summed E-state index contributed by atoms with van der Waals surface area (Å²) in [5.41, 5.74) is 0.396. The van der Waals surface area contributed by atoms with Gasteiger partial charge in [0.05, 0.1) is 11.2 Å². The van der Waals surface area contributed by atoms with E-state index >= 15 is 0 Å². The maximum Gasteiger partial charge on any atom is 0.496 e. The molecular formula is C13H24BNO2. The molecule has 1 heterocycles. The van der Waals surface area contributed by atoms with E-state index in [1.165, 1.54) is 0 Å². The SMILES string of the molecule is C/C=C(\C=NC(C)C)B1OC(C)(C)C(C)(C)O1. The van der Waals surface area contributed by atoms with Crippen molar-refractivity contribution in [2.45, 2.75) is 65.7 Å². The lowest BCUT2D eigenvalue weighted by molar-refractivity contribution is 0.00578. The third kappa shape index (κ3) is 3.20. The summed E-state index contributed by atoms with van der Waals surface area (Å²) in [5, 5.41) is 0. The number of aliphatic imine (C=N–C) groups is 1. The summed E-state index contributed by atoms with van der Waals surface area (Å²) in [7, 11) is -0.313. The largest absolute Gasteiger partial charge is 0.496 e. The molecule has 0 radical (unpaired) electrons. The average Bonchev–Trinajstić information content (AvgIpc) is 2.36. The van der Waals surface area contributed by atoms with Crippen molar-refractivity contribution >= 4 is 13.3 Å². The zero-order chi connectivity index (χ0) is 13.3. The Hall–Kier alpha value is -0.605. The van der Waals surface area contributed by atoms with E-state index in [1.54, 1.807) is 0 Å². The molecule has 1 fully saturated rings. The Morgan fingerprint density at radius 3 is 1.94 bits per heavy atom. The third-order valence-corrected chi connectivity index (χ3v) is 3.38. The summed E-state index contributed by atoms with van der Waals surface area (Å²) in [5.74, 6) is 0. The fourth-order valence-corrected chi connectivity index (χ4v) is 1.49. The van der Waals surface area contributed by atoms with Gasteiger partial charge in [0.25, 0.3) is 0 Å². The van der Waals surface area contributed by atoms with Crippen LogP contribution in [0, 0.1) is 0 Å². The van der Waals surface area contributed by atoms with Crippen molar-refractivity contribution < 1.29 is 9.31 Å². The fraction of sp³-hybridized carbons (Fsp3) is 0.769. The lowest BCUT2D eigenvalue weighted by atomic mass is 9.78. The molecule has 0 aliphatic carbocycles. The van der Waals surface area contributed by atoms with Crippen molar-refractivity contribution in [3.63, 3.8) is 0 Å². The molecule has 4 heteroatoms. The van der Waals surface area contributed by atoms with Gasteiger partial charge in [0.1, 0.15) is 0 Å². The Kier molecular flexibility index (Phi) is 4.21. The van der Waals surface area contributed by atoms with Crippen LogP contribution in [0.1, 0.15) is 48.5 Å². The zero-order valence-corrected chi connectivity index (χ0v) is 12.1. The maximum absolute atomic E-state index is 5.97. The molecule has 1 aliphatic heterocycles. The molecule has 0 aromatic rings. The Bertz CT molecular complexity index is 316. The molecule has 0 aromatic carbocycles. The van der Waals surface area contributed by atoms with Gasteiger partial charge in [-0.15, -0.1) is 0 Å². The lowest BCUT2D eigenvalue weighted by Gasteiger charge is -2.32. The van der Waals surface area contributed by atoms with Crippen LogP contribution in [0.5, 0.6) is 0 Å². The van der Waals surface area contributed by atoms with Crippen molar-refractivity contribution in [2.24, 2.45) is 4.99 Å². The first kappa shape index (κ1) is 14.5. The molecule has 96 valence electrons. The first-order chi connectivity index (χ1) is 7.69. The van der Waals surface area contributed by atoms with E-state index in [2.05, 4.69) is 32.7 Å². The highest BCUT2D eigenvalue weighted by Crippen LogP contribution is 2.38. The Balaban J connectivity index is 2.82. The average molecular weight is 237 g/mol.